The summed E-state index contributed by atoms with van der Waals surface area (Å²) in [6.07, 6.45) is 3.19. The maximum absolute atomic E-state index is 12.0. The van der Waals surface area contributed by atoms with Crippen molar-refractivity contribution in [1.82, 2.24) is 5.43 Å². The SMILES string of the molecule is C=CCOc1ccc(/C=N\NC(=O)c2cccc(Cl)c2)cc1OCC. The maximum atomic E-state index is 12.0. The molecule has 1 N–H and O–H groups in total. The van der Waals surface area contributed by atoms with Crippen LogP contribution in [-0.4, -0.2) is 25.3 Å². The number of carbonyl (C=O) groups is 1. The van der Waals surface area contributed by atoms with Gasteiger partial charge in [-0.3, -0.25) is 4.79 Å². The maximum Gasteiger partial charge on any atom is 0.271 e. The van der Waals surface area contributed by atoms with Gasteiger partial charge in [-0.1, -0.05) is 30.3 Å². The van der Waals surface area contributed by atoms with E-state index in [9.17, 15) is 4.79 Å². The van der Waals surface area contributed by atoms with E-state index in [0.29, 0.717) is 35.3 Å². The van der Waals surface area contributed by atoms with Gasteiger partial charge in [0, 0.05) is 10.6 Å². The van der Waals surface area contributed by atoms with Crippen molar-refractivity contribution < 1.29 is 14.3 Å². The van der Waals surface area contributed by atoms with Gasteiger partial charge >= 0.3 is 0 Å². The molecule has 0 unspecified atom stereocenters. The Kier molecular flexibility index (Phi) is 7.04. The van der Waals surface area contributed by atoms with Crippen LogP contribution in [0.25, 0.3) is 0 Å². The Labute approximate surface area is 151 Å². The van der Waals surface area contributed by atoms with E-state index in [1.54, 1.807) is 42.5 Å². The minimum absolute atomic E-state index is 0.338. The Balaban J connectivity index is 2.05. The van der Waals surface area contributed by atoms with Crippen molar-refractivity contribution in [3.8, 4) is 11.5 Å². The molecule has 2 aromatic carbocycles. The van der Waals surface area contributed by atoms with Gasteiger partial charge < -0.3 is 9.47 Å². The standard InChI is InChI=1S/C19H19ClN2O3/c1-3-10-25-17-9-8-14(11-18(17)24-4-2)13-21-22-19(23)15-6-5-7-16(20)12-15/h3,5-9,11-13H,1,4,10H2,2H3,(H,22,23)/b21-13-. The number of benzene rings is 2. The lowest BCUT2D eigenvalue weighted by Gasteiger charge is -2.11. The third kappa shape index (κ3) is 5.65. The highest BCUT2D eigenvalue weighted by atomic mass is 35.5. The molecular formula is C19H19ClN2O3. The highest BCUT2D eigenvalue weighted by Crippen LogP contribution is 2.28. The first-order valence-corrected chi connectivity index (χ1v) is 8.11. The van der Waals surface area contributed by atoms with Crippen LogP contribution in [0.5, 0.6) is 11.5 Å². The van der Waals surface area contributed by atoms with E-state index in [-0.39, 0.29) is 5.91 Å². The van der Waals surface area contributed by atoms with Gasteiger partial charge in [-0.2, -0.15) is 5.10 Å². The molecule has 0 radical (unpaired) electrons. The number of hydrogen-bond donors (Lipinski definition) is 1. The normalized spacial score (nSPS) is 10.5. The number of halogens is 1. The Morgan fingerprint density at radius 1 is 1.24 bits per heavy atom. The third-order valence-electron chi connectivity index (χ3n) is 3.09. The molecule has 0 aliphatic rings. The largest absolute Gasteiger partial charge is 0.490 e. The highest BCUT2D eigenvalue weighted by molar-refractivity contribution is 6.30. The Bertz CT molecular complexity index is 775. The predicted octanol–water partition coefficient (Wildman–Crippen LogP) is 4.07. The number of nitrogens with zero attached hydrogens (tertiary/aromatic N) is 1. The van der Waals surface area contributed by atoms with Crippen molar-refractivity contribution >= 4 is 23.7 Å². The third-order valence-corrected chi connectivity index (χ3v) is 3.33. The van der Waals surface area contributed by atoms with E-state index in [0.717, 1.165) is 5.56 Å². The molecule has 2 aromatic rings. The number of hydrazone groups is 1. The van der Waals surface area contributed by atoms with Gasteiger partial charge in [-0.25, -0.2) is 5.43 Å². The summed E-state index contributed by atoms with van der Waals surface area (Å²) in [5.74, 6) is 0.894. The lowest BCUT2D eigenvalue weighted by Crippen LogP contribution is -2.17. The van der Waals surface area contributed by atoms with Gasteiger partial charge in [0.1, 0.15) is 6.61 Å². The van der Waals surface area contributed by atoms with Crippen LogP contribution in [0, 0.1) is 0 Å². The van der Waals surface area contributed by atoms with Crippen LogP contribution in [-0.2, 0) is 0 Å². The number of rotatable bonds is 8. The van der Waals surface area contributed by atoms with Crippen LogP contribution in [0.4, 0.5) is 0 Å². The van der Waals surface area contributed by atoms with Crippen LogP contribution in [0.1, 0.15) is 22.8 Å². The number of ether oxygens (including phenoxy) is 2. The van der Waals surface area contributed by atoms with Crippen LogP contribution in [0.3, 0.4) is 0 Å². The lowest BCUT2D eigenvalue weighted by molar-refractivity contribution is 0.0955. The van der Waals surface area contributed by atoms with Crippen LogP contribution in [0.2, 0.25) is 5.02 Å². The van der Waals surface area contributed by atoms with Gasteiger partial charge in [-0.05, 0) is 48.9 Å². The van der Waals surface area contributed by atoms with Gasteiger partial charge in [-0.15, -0.1) is 0 Å². The number of nitrogens with one attached hydrogen (secondary N) is 1. The average molecular weight is 359 g/mol. The van der Waals surface area contributed by atoms with Gasteiger partial charge in [0.2, 0.25) is 0 Å². The molecule has 6 heteroatoms. The molecule has 0 bridgehead atoms. The molecule has 0 aromatic heterocycles. The summed E-state index contributed by atoms with van der Waals surface area (Å²) in [6, 6.07) is 12.0. The summed E-state index contributed by atoms with van der Waals surface area (Å²) >= 11 is 5.87. The van der Waals surface area contributed by atoms with Crippen molar-refractivity contribution in [2.24, 2.45) is 5.10 Å². The van der Waals surface area contributed by atoms with Crippen LogP contribution >= 0.6 is 11.6 Å². The minimum Gasteiger partial charge on any atom is -0.490 e. The molecule has 1 amide bonds. The predicted molar refractivity (Wildman–Crippen MR) is 99.8 cm³/mol. The van der Waals surface area contributed by atoms with Gasteiger partial charge in [0.15, 0.2) is 11.5 Å². The molecule has 25 heavy (non-hydrogen) atoms. The average Bonchev–Trinajstić information content (AvgIpc) is 2.61. The first-order valence-electron chi connectivity index (χ1n) is 7.73. The topological polar surface area (TPSA) is 59.9 Å². The van der Waals surface area contributed by atoms with E-state index >= 15 is 0 Å². The quantitative estimate of drug-likeness (QED) is 0.439. The van der Waals surface area contributed by atoms with Crippen molar-refractivity contribution in [1.29, 1.82) is 0 Å². The van der Waals surface area contributed by atoms with E-state index in [1.807, 2.05) is 13.0 Å². The van der Waals surface area contributed by atoms with Crippen molar-refractivity contribution in [2.45, 2.75) is 6.92 Å². The first kappa shape index (κ1) is 18.5. The summed E-state index contributed by atoms with van der Waals surface area (Å²) < 4.78 is 11.1. The van der Waals surface area contributed by atoms with E-state index in [1.165, 1.54) is 6.21 Å². The zero-order valence-corrected chi connectivity index (χ0v) is 14.6. The minimum atomic E-state index is -0.338. The molecule has 0 aliphatic carbocycles. The molecule has 0 fully saturated rings. The second-order valence-electron chi connectivity index (χ2n) is 4.95. The fourth-order valence-electron chi connectivity index (χ4n) is 2.00. The molecule has 0 saturated heterocycles. The zero-order valence-electron chi connectivity index (χ0n) is 13.9. The van der Waals surface area contributed by atoms with Gasteiger partial charge in [0.05, 0.1) is 12.8 Å². The van der Waals surface area contributed by atoms with Gasteiger partial charge in [0.25, 0.3) is 5.91 Å². The molecule has 0 atom stereocenters. The molecule has 0 heterocycles. The Hall–Kier alpha value is -2.79. The summed E-state index contributed by atoms with van der Waals surface area (Å²) in [5.41, 5.74) is 3.66. The lowest BCUT2D eigenvalue weighted by atomic mass is 10.2. The summed E-state index contributed by atoms with van der Waals surface area (Å²) in [5, 5.41) is 4.45. The molecule has 130 valence electrons. The molecule has 5 nitrogen and oxygen atoms in total. The van der Waals surface area contributed by atoms with Crippen molar-refractivity contribution in [2.75, 3.05) is 13.2 Å². The molecule has 0 saturated carbocycles. The zero-order chi connectivity index (χ0) is 18.1. The Morgan fingerprint density at radius 2 is 2.08 bits per heavy atom. The van der Waals surface area contributed by atoms with E-state index < -0.39 is 0 Å². The Morgan fingerprint density at radius 3 is 2.80 bits per heavy atom. The molecule has 0 spiro atoms. The highest BCUT2D eigenvalue weighted by Gasteiger charge is 2.06. The van der Waals surface area contributed by atoms with Crippen LogP contribution < -0.4 is 14.9 Å². The van der Waals surface area contributed by atoms with Crippen LogP contribution in [0.15, 0.2) is 60.2 Å². The number of carbonyl (C=O) groups excluding carboxylic acids is 1. The molecular weight excluding hydrogens is 340 g/mol. The summed E-state index contributed by atoms with van der Waals surface area (Å²) in [6.45, 7) is 6.42. The number of hydrogen-bond acceptors (Lipinski definition) is 4. The van der Waals surface area contributed by atoms with E-state index in [4.69, 9.17) is 21.1 Å². The summed E-state index contributed by atoms with van der Waals surface area (Å²) in [7, 11) is 0. The molecule has 0 aliphatic heterocycles. The fraction of sp³-hybridized carbons (Fsp3) is 0.158. The summed E-state index contributed by atoms with van der Waals surface area (Å²) in [4.78, 5) is 12.0. The second-order valence-corrected chi connectivity index (χ2v) is 5.38. The van der Waals surface area contributed by atoms with E-state index in [2.05, 4.69) is 17.1 Å². The molecule has 2 rings (SSSR count). The first-order chi connectivity index (χ1) is 12.1. The van der Waals surface area contributed by atoms with Crippen molar-refractivity contribution in [3.63, 3.8) is 0 Å². The van der Waals surface area contributed by atoms with Crippen molar-refractivity contribution in [3.05, 3.63) is 71.3 Å². The fourth-order valence-corrected chi connectivity index (χ4v) is 2.19. The number of amides is 1. The second kappa shape index (κ2) is 9.49. The monoisotopic (exact) mass is 358 g/mol. The smallest absolute Gasteiger partial charge is 0.271 e.